The standard InChI is InChI=1S/C17H18Cl2N2O3/c1-3-5-8-21(17(23)24-4-2)16(22)13(11-20)9-12-6-7-14(18)15(19)10-12/h6-7,9-10H,3-5,8H2,1-2H3/b13-9+. The molecular weight excluding hydrogens is 351 g/mol. The van der Waals surface area contributed by atoms with Crippen LogP contribution in [0.4, 0.5) is 4.79 Å². The largest absolute Gasteiger partial charge is 0.449 e. The summed E-state index contributed by atoms with van der Waals surface area (Å²) in [5.74, 6) is -0.699. The minimum Gasteiger partial charge on any atom is -0.449 e. The van der Waals surface area contributed by atoms with E-state index in [1.54, 1.807) is 19.1 Å². The summed E-state index contributed by atoms with van der Waals surface area (Å²) in [7, 11) is 0. The van der Waals surface area contributed by atoms with E-state index in [-0.39, 0.29) is 18.7 Å². The number of imide groups is 1. The van der Waals surface area contributed by atoms with Gasteiger partial charge in [-0.15, -0.1) is 0 Å². The normalized spacial score (nSPS) is 10.9. The second-order valence-electron chi connectivity index (χ2n) is 4.85. The quantitative estimate of drug-likeness (QED) is 0.539. The van der Waals surface area contributed by atoms with Crippen molar-refractivity contribution in [3.05, 3.63) is 39.4 Å². The molecule has 0 saturated carbocycles. The van der Waals surface area contributed by atoms with Crippen LogP contribution in [0.3, 0.4) is 0 Å². The van der Waals surface area contributed by atoms with E-state index in [1.165, 1.54) is 12.1 Å². The summed E-state index contributed by atoms with van der Waals surface area (Å²) in [6.45, 7) is 3.92. The molecule has 0 aromatic heterocycles. The predicted octanol–water partition coefficient (Wildman–Crippen LogP) is 4.69. The van der Waals surface area contributed by atoms with Crippen LogP contribution in [0, 0.1) is 11.3 Å². The summed E-state index contributed by atoms with van der Waals surface area (Å²) in [6.07, 6.45) is 2.02. The predicted molar refractivity (Wildman–Crippen MR) is 93.7 cm³/mol. The zero-order valence-electron chi connectivity index (χ0n) is 13.5. The number of unbranched alkanes of at least 4 members (excludes halogenated alkanes) is 1. The molecule has 0 atom stereocenters. The molecule has 7 heteroatoms. The van der Waals surface area contributed by atoms with E-state index in [4.69, 9.17) is 27.9 Å². The summed E-state index contributed by atoms with van der Waals surface area (Å²) in [5.41, 5.74) is 0.353. The first-order chi connectivity index (χ1) is 11.4. The van der Waals surface area contributed by atoms with Crippen LogP contribution in [0.5, 0.6) is 0 Å². The Labute approximate surface area is 151 Å². The van der Waals surface area contributed by atoms with Crippen molar-refractivity contribution in [2.45, 2.75) is 26.7 Å². The van der Waals surface area contributed by atoms with Gasteiger partial charge in [0, 0.05) is 6.54 Å². The zero-order valence-corrected chi connectivity index (χ0v) is 15.0. The lowest BCUT2D eigenvalue weighted by atomic mass is 10.1. The number of ether oxygens (including phenoxy) is 1. The molecule has 1 aromatic rings. The van der Waals surface area contributed by atoms with Gasteiger partial charge in [0.15, 0.2) is 0 Å². The molecule has 128 valence electrons. The van der Waals surface area contributed by atoms with E-state index in [0.717, 1.165) is 11.3 Å². The van der Waals surface area contributed by atoms with Crippen molar-refractivity contribution in [2.24, 2.45) is 0 Å². The van der Waals surface area contributed by atoms with Crippen molar-refractivity contribution in [3.63, 3.8) is 0 Å². The Hall–Kier alpha value is -2.03. The number of hydrogen-bond acceptors (Lipinski definition) is 4. The highest BCUT2D eigenvalue weighted by atomic mass is 35.5. The molecular formula is C17H18Cl2N2O3. The molecule has 0 aliphatic rings. The molecule has 1 aromatic carbocycles. The number of carbonyl (C=O) groups is 2. The van der Waals surface area contributed by atoms with Crippen LogP contribution < -0.4 is 0 Å². The number of benzene rings is 1. The lowest BCUT2D eigenvalue weighted by molar-refractivity contribution is -0.125. The van der Waals surface area contributed by atoms with E-state index in [2.05, 4.69) is 0 Å². The molecule has 1 rings (SSSR count). The van der Waals surface area contributed by atoms with Crippen LogP contribution in [0.25, 0.3) is 6.08 Å². The molecule has 0 heterocycles. The zero-order chi connectivity index (χ0) is 18.1. The van der Waals surface area contributed by atoms with Gasteiger partial charge in [0.1, 0.15) is 11.6 Å². The third-order valence-electron chi connectivity index (χ3n) is 3.07. The molecule has 0 unspecified atom stereocenters. The smallest absolute Gasteiger partial charge is 0.416 e. The number of halogens is 2. The monoisotopic (exact) mass is 368 g/mol. The number of amides is 2. The van der Waals surface area contributed by atoms with Gasteiger partial charge in [0.2, 0.25) is 0 Å². The minimum absolute atomic E-state index is 0.146. The van der Waals surface area contributed by atoms with Gasteiger partial charge in [0.25, 0.3) is 5.91 Å². The van der Waals surface area contributed by atoms with E-state index in [0.29, 0.717) is 22.0 Å². The average Bonchev–Trinajstić information content (AvgIpc) is 2.56. The molecule has 2 amide bonds. The van der Waals surface area contributed by atoms with Crippen LogP contribution in [0.15, 0.2) is 23.8 Å². The van der Waals surface area contributed by atoms with Crippen LogP contribution in [0.1, 0.15) is 32.3 Å². The summed E-state index contributed by atoms with van der Waals surface area (Å²) < 4.78 is 4.89. The third kappa shape index (κ3) is 5.55. The lowest BCUT2D eigenvalue weighted by Gasteiger charge is -2.19. The van der Waals surface area contributed by atoms with Gasteiger partial charge in [-0.25, -0.2) is 9.69 Å². The Morgan fingerprint density at radius 2 is 2.00 bits per heavy atom. The van der Waals surface area contributed by atoms with Crippen LogP contribution in [-0.2, 0) is 9.53 Å². The van der Waals surface area contributed by atoms with E-state index < -0.39 is 12.0 Å². The van der Waals surface area contributed by atoms with Gasteiger partial charge >= 0.3 is 6.09 Å². The summed E-state index contributed by atoms with van der Waals surface area (Å²) in [6, 6.07) is 6.55. The molecule has 24 heavy (non-hydrogen) atoms. The van der Waals surface area contributed by atoms with Gasteiger partial charge in [-0.05, 0) is 37.1 Å². The molecule has 0 aliphatic carbocycles. The molecule has 0 aliphatic heterocycles. The molecule has 0 bridgehead atoms. The molecule has 0 saturated heterocycles. The highest BCUT2D eigenvalue weighted by molar-refractivity contribution is 6.42. The molecule has 0 spiro atoms. The van der Waals surface area contributed by atoms with E-state index in [1.807, 2.05) is 13.0 Å². The van der Waals surface area contributed by atoms with Gasteiger partial charge in [-0.2, -0.15) is 5.26 Å². The highest BCUT2D eigenvalue weighted by Crippen LogP contribution is 2.24. The summed E-state index contributed by atoms with van der Waals surface area (Å²) in [5, 5.41) is 9.97. The number of hydrogen-bond donors (Lipinski definition) is 0. The Balaban J connectivity index is 3.11. The van der Waals surface area contributed by atoms with Crippen molar-refractivity contribution in [1.29, 1.82) is 5.26 Å². The van der Waals surface area contributed by atoms with Crippen molar-refractivity contribution < 1.29 is 14.3 Å². The number of nitriles is 1. The Morgan fingerprint density at radius 3 is 2.54 bits per heavy atom. The first-order valence-electron chi connectivity index (χ1n) is 7.50. The molecule has 0 N–H and O–H groups in total. The number of nitrogens with zero attached hydrogens (tertiary/aromatic N) is 2. The SMILES string of the molecule is CCCCN(C(=O)OCC)C(=O)/C(C#N)=C/c1ccc(Cl)c(Cl)c1. The summed E-state index contributed by atoms with van der Waals surface area (Å²) >= 11 is 11.8. The Morgan fingerprint density at radius 1 is 1.29 bits per heavy atom. The number of carbonyl (C=O) groups excluding carboxylic acids is 2. The number of rotatable bonds is 6. The van der Waals surface area contributed by atoms with Crippen LogP contribution in [-0.4, -0.2) is 30.1 Å². The Bertz CT molecular complexity index is 681. The minimum atomic E-state index is -0.758. The maximum absolute atomic E-state index is 12.5. The summed E-state index contributed by atoms with van der Waals surface area (Å²) in [4.78, 5) is 25.4. The van der Waals surface area contributed by atoms with Crippen LogP contribution in [0.2, 0.25) is 10.0 Å². The topological polar surface area (TPSA) is 70.4 Å². The van der Waals surface area contributed by atoms with Gasteiger partial charge in [-0.1, -0.05) is 42.6 Å². The fourth-order valence-corrected chi connectivity index (χ4v) is 2.16. The molecule has 0 fully saturated rings. The van der Waals surface area contributed by atoms with Crippen molar-refractivity contribution in [3.8, 4) is 6.07 Å². The fourth-order valence-electron chi connectivity index (χ4n) is 1.85. The second kappa shape index (κ2) is 9.96. The molecule has 0 radical (unpaired) electrons. The lowest BCUT2D eigenvalue weighted by Crippen LogP contribution is -2.38. The first-order valence-corrected chi connectivity index (χ1v) is 8.25. The maximum atomic E-state index is 12.5. The molecule has 5 nitrogen and oxygen atoms in total. The first kappa shape index (κ1) is 20.0. The van der Waals surface area contributed by atoms with Crippen molar-refractivity contribution >= 4 is 41.3 Å². The van der Waals surface area contributed by atoms with Gasteiger partial charge in [0.05, 0.1) is 16.7 Å². The van der Waals surface area contributed by atoms with Crippen molar-refractivity contribution in [2.75, 3.05) is 13.2 Å². The van der Waals surface area contributed by atoms with E-state index in [9.17, 15) is 14.9 Å². The van der Waals surface area contributed by atoms with Gasteiger partial charge < -0.3 is 4.74 Å². The van der Waals surface area contributed by atoms with Gasteiger partial charge in [-0.3, -0.25) is 4.79 Å². The van der Waals surface area contributed by atoms with Crippen molar-refractivity contribution in [1.82, 2.24) is 4.90 Å². The fraction of sp³-hybridized carbons (Fsp3) is 0.353. The second-order valence-corrected chi connectivity index (χ2v) is 5.67. The maximum Gasteiger partial charge on any atom is 0.416 e. The van der Waals surface area contributed by atoms with Crippen LogP contribution >= 0.6 is 23.2 Å². The Kier molecular flexibility index (Phi) is 8.31. The highest BCUT2D eigenvalue weighted by Gasteiger charge is 2.25. The average molecular weight is 369 g/mol. The van der Waals surface area contributed by atoms with E-state index >= 15 is 0 Å². The third-order valence-corrected chi connectivity index (χ3v) is 3.81.